The summed E-state index contributed by atoms with van der Waals surface area (Å²) >= 11 is 0. The van der Waals surface area contributed by atoms with Crippen molar-refractivity contribution in [3.8, 4) is 0 Å². The molecule has 1 aliphatic rings. The van der Waals surface area contributed by atoms with Gasteiger partial charge in [0.05, 0.1) is 19.3 Å². The molecular formula is C17H36IN3O2. The molecule has 0 saturated heterocycles. The van der Waals surface area contributed by atoms with E-state index in [1.807, 2.05) is 0 Å². The van der Waals surface area contributed by atoms with Crippen molar-refractivity contribution in [3.63, 3.8) is 0 Å². The van der Waals surface area contributed by atoms with Crippen LogP contribution in [0.5, 0.6) is 0 Å². The number of rotatable bonds is 10. The molecule has 1 aliphatic carbocycles. The molecule has 0 bridgehead atoms. The van der Waals surface area contributed by atoms with E-state index in [2.05, 4.69) is 22.5 Å². The van der Waals surface area contributed by atoms with Crippen molar-refractivity contribution in [1.82, 2.24) is 10.6 Å². The summed E-state index contributed by atoms with van der Waals surface area (Å²) in [6.07, 6.45) is 10.6. The number of ether oxygens (including phenoxy) is 2. The van der Waals surface area contributed by atoms with Crippen LogP contribution in [0.2, 0.25) is 0 Å². The van der Waals surface area contributed by atoms with Crippen molar-refractivity contribution in [2.75, 3.05) is 40.0 Å². The molecular weight excluding hydrogens is 405 g/mol. The Bertz CT molecular complexity index is 283. The molecule has 0 radical (unpaired) electrons. The molecule has 2 N–H and O–H groups in total. The first-order valence-corrected chi connectivity index (χ1v) is 9.00. The van der Waals surface area contributed by atoms with Gasteiger partial charge in [0.1, 0.15) is 0 Å². The largest absolute Gasteiger partial charge is 0.380 e. The van der Waals surface area contributed by atoms with E-state index in [1.54, 1.807) is 7.05 Å². The van der Waals surface area contributed by atoms with Crippen LogP contribution in [0.15, 0.2) is 4.99 Å². The molecule has 0 aliphatic heterocycles. The molecule has 0 amide bonds. The number of hydrogen-bond donors (Lipinski definition) is 2. The second-order valence-electron chi connectivity index (χ2n) is 5.88. The lowest BCUT2D eigenvalue weighted by Crippen LogP contribution is -2.40. The third kappa shape index (κ3) is 12.9. The summed E-state index contributed by atoms with van der Waals surface area (Å²) in [5.41, 5.74) is 0. The van der Waals surface area contributed by atoms with Crippen LogP contribution in [-0.4, -0.2) is 52.0 Å². The van der Waals surface area contributed by atoms with Crippen molar-refractivity contribution in [1.29, 1.82) is 0 Å². The highest BCUT2D eigenvalue weighted by molar-refractivity contribution is 14.0. The van der Waals surface area contributed by atoms with Crippen LogP contribution in [-0.2, 0) is 9.47 Å². The zero-order valence-corrected chi connectivity index (χ0v) is 17.3. The predicted octanol–water partition coefficient (Wildman–Crippen LogP) is 3.33. The van der Waals surface area contributed by atoms with E-state index in [0.29, 0.717) is 6.10 Å². The number of hydrogen-bond acceptors (Lipinski definition) is 3. The van der Waals surface area contributed by atoms with E-state index in [-0.39, 0.29) is 24.0 Å². The molecule has 1 saturated carbocycles. The lowest BCUT2D eigenvalue weighted by molar-refractivity contribution is 0.0468. The molecule has 0 aromatic rings. The van der Waals surface area contributed by atoms with Crippen molar-refractivity contribution in [3.05, 3.63) is 0 Å². The quantitative estimate of drug-likeness (QED) is 0.180. The zero-order valence-electron chi connectivity index (χ0n) is 14.9. The van der Waals surface area contributed by atoms with Gasteiger partial charge in [-0.1, -0.05) is 39.0 Å². The Morgan fingerprint density at radius 3 is 2.26 bits per heavy atom. The molecule has 0 atom stereocenters. The van der Waals surface area contributed by atoms with Gasteiger partial charge in [-0.2, -0.15) is 0 Å². The van der Waals surface area contributed by atoms with Crippen molar-refractivity contribution in [2.24, 2.45) is 4.99 Å². The minimum absolute atomic E-state index is 0. The average Bonchev–Trinajstić information content (AvgIpc) is 2.81. The van der Waals surface area contributed by atoms with E-state index in [9.17, 15) is 0 Å². The van der Waals surface area contributed by atoms with E-state index >= 15 is 0 Å². The number of halogens is 1. The summed E-state index contributed by atoms with van der Waals surface area (Å²) in [4.78, 5) is 4.20. The Labute approximate surface area is 159 Å². The lowest BCUT2D eigenvalue weighted by atomic mass is 10.1. The number of nitrogens with one attached hydrogen (secondary N) is 2. The maximum absolute atomic E-state index is 5.96. The fourth-order valence-corrected chi connectivity index (χ4v) is 2.61. The fraction of sp³-hybridized carbons (Fsp3) is 0.941. The molecule has 23 heavy (non-hydrogen) atoms. The Balaban J connectivity index is 0.00000484. The van der Waals surface area contributed by atoms with Crippen LogP contribution in [0.3, 0.4) is 0 Å². The summed E-state index contributed by atoms with van der Waals surface area (Å²) in [5.74, 6) is 0.823. The van der Waals surface area contributed by atoms with Gasteiger partial charge in [0, 0.05) is 26.7 Å². The number of nitrogens with zero attached hydrogens (tertiary/aromatic N) is 1. The Hall–Kier alpha value is -0.0800. The molecule has 6 heteroatoms. The third-order valence-electron chi connectivity index (χ3n) is 3.95. The van der Waals surface area contributed by atoms with Crippen molar-refractivity contribution in [2.45, 2.75) is 64.4 Å². The highest BCUT2D eigenvalue weighted by atomic mass is 127. The maximum Gasteiger partial charge on any atom is 0.191 e. The summed E-state index contributed by atoms with van der Waals surface area (Å²) in [5, 5.41) is 6.54. The number of unbranched alkanes of at least 4 members (excludes halogenated alkanes) is 1. The van der Waals surface area contributed by atoms with Crippen LogP contribution in [0.4, 0.5) is 0 Å². The minimum Gasteiger partial charge on any atom is -0.380 e. The first kappa shape index (κ1) is 22.9. The molecule has 0 spiro atoms. The standard InChI is InChI=1S/C17H35N3O2.HI/c1-3-4-13-21-14-11-19-17(18-2)20-12-15-22-16-9-7-5-6-8-10-16;/h16H,3-15H2,1-2H3,(H2,18,19,20);1H. The lowest BCUT2D eigenvalue weighted by Gasteiger charge is -2.16. The van der Waals surface area contributed by atoms with Crippen LogP contribution >= 0.6 is 24.0 Å². The third-order valence-corrected chi connectivity index (χ3v) is 3.95. The monoisotopic (exact) mass is 441 g/mol. The van der Waals surface area contributed by atoms with Gasteiger partial charge in [0.25, 0.3) is 0 Å². The van der Waals surface area contributed by atoms with Crippen molar-refractivity contribution >= 4 is 29.9 Å². The molecule has 0 heterocycles. The highest BCUT2D eigenvalue weighted by Gasteiger charge is 2.11. The van der Waals surface area contributed by atoms with Crippen LogP contribution in [0.25, 0.3) is 0 Å². The Morgan fingerprint density at radius 2 is 1.65 bits per heavy atom. The SMILES string of the molecule is CCCCOCCNC(=NC)NCCOC1CCCCCC1.I. The van der Waals surface area contributed by atoms with Gasteiger partial charge in [-0.3, -0.25) is 4.99 Å². The van der Waals surface area contributed by atoms with Gasteiger partial charge in [0.15, 0.2) is 5.96 Å². The highest BCUT2D eigenvalue weighted by Crippen LogP contribution is 2.19. The maximum atomic E-state index is 5.96. The number of guanidine groups is 1. The van der Waals surface area contributed by atoms with Gasteiger partial charge in [0.2, 0.25) is 0 Å². The van der Waals surface area contributed by atoms with E-state index in [0.717, 1.165) is 45.3 Å². The average molecular weight is 441 g/mol. The summed E-state index contributed by atoms with van der Waals surface area (Å²) < 4.78 is 11.5. The van der Waals surface area contributed by atoms with Gasteiger partial charge in [-0.05, 0) is 19.3 Å². The summed E-state index contributed by atoms with van der Waals surface area (Å²) in [6, 6.07) is 0. The molecule has 0 aromatic heterocycles. The van der Waals surface area contributed by atoms with Gasteiger partial charge in [-0.25, -0.2) is 0 Å². The molecule has 1 fully saturated rings. The zero-order chi connectivity index (χ0) is 15.9. The molecule has 0 aromatic carbocycles. The summed E-state index contributed by atoms with van der Waals surface area (Å²) in [6.45, 7) is 6.07. The predicted molar refractivity (Wildman–Crippen MR) is 108 cm³/mol. The normalized spacial score (nSPS) is 16.5. The molecule has 1 rings (SSSR count). The summed E-state index contributed by atoms with van der Waals surface area (Å²) in [7, 11) is 1.79. The van der Waals surface area contributed by atoms with E-state index < -0.39 is 0 Å². The molecule has 0 unspecified atom stereocenters. The van der Waals surface area contributed by atoms with Crippen LogP contribution < -0.4 is 10.6 Å². The Morgan fingerprint density at radius 1 is 1.00 bits per heavy atom. The van der Waals surface area contributed by atoms with Gasteiger partial charge in [-0.15, -0.1) is 24.0 Å². The van der Waals surface area contributed by atoms with Gasteiger partial charge >= 0.3 is 0 Å². The van der Waals surface area contributed by atoms with Crippen LogP contribution in [0.1, 0.15) is 58.3 Å². The topological polar surface area (TPSA) is 54.9 Å². The van der Waals surface area contributed by atoms with E-state index in [4.69, 9.17) is 9.47 Å². The first-order valence-electron chi connectivity index (χ1n) is 9.00. The minimum atomic E-state index is 0. The fourth-order valence-electron chi connectivity index (χ4n) is 2.61. The van der Waals surface area contributed by atoms with Gasteiger partial charge < -0.3 is 20.1 Å². The molecule has 138 valence electrons. The number of aliphatic imine (C=N–C) groups is 1. The smallest absolute Gasteiger partial charge is 0.191 e. The Kier molecular flexibility index (Phi) is 16.7. The first-order chi connectivity index (χ1) is 10.9. The molecule has 5 nitrogen and oxygen atoms in total. The second kappa shape index (κ2) is 16.8. The van der Waals surface area contributed by atoms with Crippen LogP contribution in [0, 0.1) is 0 Å². The van der Waals surface area contributed by atoms with E-state index in [1.165, 1.54) is 44.9 Å². The van der Waals surface area contributed by atoms with Crippen molar-refractivity contribution < 1.29 is 9.47 Å². The second-order valence-corrected chi connectivity index (χ2v) is 5.88.